The first-order valence-electron chi connectivity index (χ1n) is 9.44. The summed E-state index contributed by atoms with van der Waals surface area (Å²) in [4.78, 5) is 16.5. The van der Waals surface area contributed by atoms with Crippen LogP contribution in [-0.4, -0.2) is 36.5 Å². The van der Waals surface area contributed by atoms with Gasteiger partial charge in [-0.3, -0.25) is 9.69 Å². The molecule has 3 N–H and O–H groups in total. The second-order valence-electron chi connectivity index (χ2n) is 7.62. The third-order valence-corrected chi connectivity index (χ3v) is 6.66. The molecule has 1 aromatic rings. The molecule has 2 fully saturated rings. The zero-order chi connectivity index (χ0) is 16.9. The van der Waals surface area contributed by atoms with Gasteiger partial charge < -0.3 is 11.1 Å². The van der Waals surface area contributed by atoms with Crippen molar-refractivity contribution in [3.8, 4) is 0 Å². The van der Waals surface area contributed by atoms with Crippen molar-refractivity contribution in [2.45, 2.75) is 57.5 Å². The first-order chi connectivity index (χ1) is 11.6. The molecule has 0 aromatic carbocycles. The largest absolute Gasteiger partial charge is 0.354 e. The number of rotatable bonds is 5. The van der Waals surface area contributed by atoms with Crippen molar-refractivity contribution in [3.63, 3.8) is 0 Å². The summed E-state index contributed by atoms with van der Waals surface area (Å²) in [6.07, 6.45) is 6.49. The average molecular weight is 350 g/mol. The van der Waals surface area contributed by atoms with Crippen LogP contribution in [0.15, 0.2) is 17.5 Å². The van der Waals surface area contributed by atoms with Crippen LogP contribution < -0.4 is 11.1 Å². The van der Waals surface area contributed by atoms with E-state index in [2.05, 4.69) is 34.7 Å². The molecule has 3 rings (SSSR count). The number of amides is 1. The Labute approximate surface area is 149 Å². The van der Waals surface area contributed by atoms with Gasteiger partial charge in [0, 0.05) is 23.4 Å². The molecule has 3 unspecified atom stereocenters. The lowest BCUT2D eigenvalue weighted by Crippen LogP contribution is -2.44. The summed E-state index contributed by atoms with van der Waals surface area (Å²) in [5.74, 6) is 1.14. The summed E-state index contributed by atoms with van der Waals surface area (Å²) in [5.41, 5.74) is 6.04. The number of nitrogens with two attached hydrogens (primary N) is 1. The van der Waals surface area contributed by atoms with Gasteiger partial charge in [-0.05, 0) is 62.6 Å². The molecule has 1 aliphatic heterocycles. The van der Waals surface area contributed by atoms with Gasteiger partial charge in [-0.2, -0.15) is 0 Å². The Kier molecular flexibility index (Phi) is 6.31. The number of piperidine rings is 1. The molecular formula is C19H31N3OS. The average Bonchev–Trinajstić information content (AvgIpc) is 3.11. The number of hydrogen-bond acceptors (Lipinski definition) is 4. The predicted molar refractivity (Wildman–Crippen MR) is 100.0 cm³/mol. The lowest BCUT2D eigenvalue weighted by atomic mass is 9.85. The predicted octanol–water partition coefficient (Wildman–Crippen LogP) is 3.15. The van der Waals surface area contributed by atoms with Gasteiger partial charge in [0.25, 0.3) is 0 Å². The van der Waals surface area contributed by atoms with Crippen LogP contribution in [0.2, 0.25) is 0 Å². The molecule has 0 bridgehead atoms. The summed E-state index contributed by atoms with van der Waals surface area (Å²) in [6.45, 7) is 5.33. The van der Waals surface area contributed by atoms with Crippen LogP contribution in [-0.2, 0) is 4.79 Å². The van der Waals surface area contributed by atoms with Gasteiger partial charge in [-0.1, -0.05) is 19.4 Å². The minimum absolute atomic E-state index is 0.110. The summed E-state index contributed by atoms with van der Waals surface area (Å²) < 4.78 is 0. The monoisotopic (exact) mass is 349 g/mol. The molecule has 2 heterocycles. The number of nitrogens with one attached hydrogen (secondary N) is 1. The van der Waals surface area contributed by atoms with Crippen molar-refractivity contribution in [1.29, 1.82) is 0 Å². The second kappa shape index (κ2) is 8.45. The summed E-state index contributed by atoms with van der Waals surface area (Å²) >= 11 is 1.80. The van der Waals surface area contributed by atoms with Crippen molar-refractivity contribution in [1.82, 2.24) is 10.2 Å². The standard InChI is InChI=1S/C19H31N3OS/c1-14-7-9-22(10-8-14)17(18-6-3-11-24-18)13-21-19(23)15-4-2-5-16(20)12-15/h3,6,11,14-17H,2,4-5,7-10,12-13,20H2,1H3,(H,21,23). The molecule has 4 nitrogen and oxygen atoms in total. The quantitative estimate of drug-likeness (QED) is 0.858. The maximum Gasteiger partial charge on any atom is 0.223 e. The lowest BCUT2D eigenvalue weighted by molar-refractivity contribution is -0.126. The van der Waals surface area contributed by atoms with Gasteiger partial charge >= 0.3 is 0 Å². The minimum Gasteiger partial charge on any atom is -0.354 e. The topological polar surface area (TPSA) is 58.4 Å². The maximum absolute atomic E-state index is 12.6. The fraction of sp³-hybridized carbons (Fsp3) is 0.737. The molecule has 24 heavy (non-hydrogen) atoms. The van der Waals surface area contributed by atoms with Gasteiger partial charge in [-0.15, -0.1) is 11.3 Å². The van der Waals surface area contributed by atoms with Crippen LogP contribution in [0.5, 0.6) is 0 Å². The fourth-order valence-corrected chi connectivity index (χ4v) is 4.90. The van der Waals surface area contributed by atoms with E-state index in [4.69, 9.17) is 5.73 Å². The van der Waals surface area contributed by atoms with Crippen molar-refractivity contribution in [2.24, 2.45) is 17.6 Å². The minimum atomic E-state index is 0.110. The van der Waals surface area contributed by atoms with Gasteiger partial charge in [0.05, 0.1) is 6.04 Å². The van der Waals surface area contributed by atoms with Crippen LogP contribution in [0.1, 0.15) is 56.4 Å². The molecule has 2 aliphatic rings. The highest BCUT2D eigenvalue weighted by molar-refractivity contribution is 7.10. The first kappa shape index (κ1) is 17.9. The molecule has 3 atom stereocenters. The number of nitrogens with zero attached hydrogens (tertiary/aromatic N) is 1. The van der Waals surface area contributed by atoms with Crippen LogP contribution in [0.4, 0.5) is 0 Å². The highest BCUT2D eigenvalue weighted by atomic mass is 32.1. The zero-order valence-electron chi connectivity index (χ0n) is 14.7. The number of hydrogen-bond donors (Lipinski definition) is 2. The lowest BCUT2D eigenvalue weighted by Gasteiger charge is -2.36. The van der Waals surface area contributed by atoms with E-state index in [0.29, 0.717) is 6.04 Å². The molecule has 1 aliphatic carbocycles. The van der Waals surface area contributed by atoms with E-state index in [9.17, 15) is 4.79 Å². The van der Waals surface area contributed by atoms with E-state index >= 15 is 0 Å². The first-order valence-corrected chi connectivity index (χ1v) is 10.3. The second-order valence-corrected chi connectivity index (χ2v) is 8.60. The molecule has 1 amide bonds. The normalized spacial score (nSPS) is 27.8. The van der Waals surface area contributed by atoms with Crippen LogP contribution >= 0.6 is 11.3 Å². The highest BCUT2D eigenvalue weighted by Crippen LogP contribution is 2.29. The van der Waals surface area contributed by atoms with Gasteiger partial charge in [0.2, 0.25) is 5.91 Å². The fourth-order valence-electron chi connectivity index (χ4n) is 4.04. The summed E-state index contributed by atoms with van der Waals surface area (Å²) in [5, 5.41) is 5.38. The van der Waals surface area contributed by atoms with E-state index in [1.54, 1.807) is 11.3 Å². The van der Waals surface area contributed by atoms with Gasteiger partial charge in [-0.25, -0.2) is 0 Å². The molecule has 5 heteroatoms. The zero-order valence-corrected chi connectivity index (χ0v) is 15.6. The Balaban J connectivity index is 1.59. The molecule has 0 spiro atoms. The molecule has 134 valence electrons. The Morgan fingerprint density at radius 1 is 1.38 bits per heavy atom. The van der Waals surface area contributed by atoms with Crippen molar-refractivity contribution >= 4 is 17.2 Å². The number of carbonyl (C=O) groups is 1. The van der Waals surface area contributed by atoms with Gasteiger partial charge in [0.1, 0.15) is 0 Å². The van der Waals surface area contributed by atoms with E-state index in [-0.39, 0.29) is 17.9 Å². The number of carbonyl (C=O) groups excluding carboxylic acids is 1. The molecule has 1 saturated heterocycles. The third-order valence-electron chi connectivity index (χ3n) is 5.69. The Bertz CT molecular complexity index is 511. The highest BCUT2D eigenvalue weighted by Gasteiger charge is 2.28. The van der Waals surface area contributed by atoms with Crippen molar-refractivity contribution < 1.29 is 4.79 Å². The SMILES string of the molecule is CC1CCN(C(CNC(=O)C2CCCC(N)C2)c2cccs2)CC1. The maximum atomic E-state index is 12.6. The molecule has 0 radical (unpaired) electrons. The number of likely N-dealkylation sites (tertiary alicyclic amines) is 1. The number of thiophene rings is 1. The van der Waals surface area contributed by atoms with E-state index in [1.807, 2.05) is 0 Å². The van der Waals surface area contributed by atoms with Crippen LogP contribution in [0.25, 0.3) is 0 Å². The molecular weight excluding hydrogens is 318 g/mol. The van der Waals surface area contributed by atoms with E-state index in [0.717, 1.165) is 51.2 Å². The van der Waals surface area contributed by atoms with Crippen molar-refractivity contribution in [2.75, 3.05) is 19.6 Å². The van der Waals surface area contributed by atoms with E-state index < -0.39 is 0 Å². The summed E-state index contributed by atoms with van der Waals surface area (Å²) in [6, 6.07) is 4.84. The van der Waals surface area contributed by atoms with Gasteiger partial charge in [0.15, 0.2) is 0 Å². The molecule has 1 saturated carbocycles. The Morgan fingerprint density at radius 2 is 2.17 bits per heavy atom. The van der Waals surface area contributed by atoms with E-state index in [1.165, 1.54) is 17.7 Å². The summed E-state index contributed by atoms with van der Waals surface area (Å²) in [7, 11) is 0. The third kappa shape index (κ3) is 4.58. The Morgan fingerprint density at radius 3 is 2.83 bits per heavy atom. The Hall–Kier alpha value is -0.910. The van der Waals surface area contributed by atoms with Crippen LogP contribution in [0.3, 0.4) is 0 Å². The molecule has 1 aromatic heterocycles. The smallest absolute Gasteiger partial charge is 0.223 e. The van der Waals surface area contributed by atoms with Crippen LogP contribution in [0, 0.1) is 11.8 Å². The van der Waals surface area contributed by atoms with Crippen molar-refractivity contribution in [3.05, 3.63) is 22.4 Å².